The third-order valence-electron chi connectivity index (χ3n) is 5.29. The molecule has 1 saturated heterocycles. The summed E-state index contributed by atoms with van der Waals surface area (Å²) in [7, 11) is 0. The van der Waals surface area contributed by atoms with Gasteiger partial charge in [-0.2, -0.15) is 0 Å². The summed E-state index contributed by atoms with van der Waals surface area (Å²) in [4.78, 5) is 26.4. The minimum Gasteiger partial charge on any atom is -0.348 e. The first-order chi connectivity index (χ1) is 12.2. The van der Waals surface area contributed by atoms with Gasteiger partial charge in [-0.3, -0.25) is 9.69 Å². The number of urea groups is 1. The van der Waals surface area contributed by atoms with Crippen LogP contribution in [0, 0.1) is 5.92 Å². The normalized spacial score (nSPS) is 19.3. The zero-order chi connectivity index (χ0) is 17.6. The molecule has 0 aromatic heterocycles. The number of nitrogens with two attached hydrogens (primary N) is 1. The van der Waals surface area contributed by atoms with Crippen LogP contribution < -0.4 is 21.3 Å². The zero-order valence-corrected chi connectivity index (χ0v) is 15.9. The van der Waals surface area contributed by atoms with E-state index in [1.54, 1.807) is 17.0 Å². The number of carbonyl (C=O) groups is 2. The van der Waals surface area contributed by atoms with Crippen LogP contribution in [0.4, 0.5) is 10.5 Å². The van der Waals surface area contributed by atoms with E-state index in [2.05, 4.69) is 10.6 Å². The maximum Gasteiger partial charge on any atom is 0.321 e. The van der Waals surface area contributed by atoms with E-state index in [0.717, 1.165) is 24.9 Å². The van der Waals surface area contributed by atoms with Crippen molar-refractivity contribution in [3.8, 4) is 0 Å². The number of benzene rings is 1. The number of amides is 3. The Morgan fingerprint density at radius 1 is 1.27 bits per heavy atom. The van der Waals surface area contributed by atoms with Crippen molar-refractivity contribution in [1.82, 2.24) is 10.6 Å². The predicted octanol–water partition coefficient (Wildman–Crippen LogP) is 2.67. The van der Waals surface area contributed by atoms with Crippen LogP contribution in [0.25, 0.3) is 0 Å². The van der Waals surface area contributed by atoms with Gasteiger partial charge >= 0.3 is 6.03 Å². The summed E-state index contributed by atoms with van der Waals surface area (Å²) < 4.78 is 0. The van der Waals surface area contributed by atoms with Gasteiger partial charge in [0.25, 0.3) is 5.91 Å². The molecule has 1 aromatic rings. The van der Waals surface area contributed by atoms with Crippen molar-refractivity contribution in [3.05, 3.63) is 29.8 Å². The van der Waals surface area contributed by atoms with E-state index in [9.17, 15) is 9.59 Å². The maximum absolute atomic E-state index is 12.7. The van der Waals surface area contributed by atoms with E-state index in [4.69, 9.17) is 5.73 Å². The predicted molar refractivity (Wildman–Crippen MR) is 106 cm³/mol. The number of hydrogen-bond donors (Lipinski definition) is 3. The number of anilines is 1. The van der Waals surface area contributed by atoms with Gasteiger partial charge < -0.3 is 16.4 Å². The molecule has 0 bridgehead atoms. The van der Waals surface area contributed by atoms with Crippen LogP contribution in [0.1, 0.15) is 48.9 Å². The molecule has 26 heavy (non-hydrogen) atoms. The molecule has 2 aliphatic rings. The van der Waals surface area contributed by atoms with Crippen molar-refractivity contribution in [2.24, 2.45) is 11.7 Å². The van der Waals surface area contributed by atoms with E-state index in [0.29, 0.717) is 31.1 Å². The third kappa shape index (κ3) is 4.89. The summed E-state index contributed by atoms with van der Waals surface area (Å²) in [5.74, 6) is 0.360. The van der Waals surface area contributed by atoms with Gasteiger partial charge in [0.1, 0.15) is 0 Å². The lowest BCUT2D eigenvalue weighted by Gasteiger charge is -2.30. The standard InChI is InChI=1S/C19H28N4O2.ClH/c20-13-17(14-6-2-1-3-7-14)22-18(24)15-8-4-9-16(12-15)23-11-5-10-21-19(23)25;/h4,8-9,12,14,17H,1-3,5-7,10-11,13,20H2,(H,21,25)(H,22,24);1H. The van der Waals surface area contributed by atoms with Crippen LogP contribution >= 0.6 is 12.4 Å². The minimum absolute atomic E-state index is 0. The summed E-state index contributed by atoms with van der Waals surface area (Å²) in [6.45, 7) is 1.84. The number of nitrogens with one attached hydrogen (secondary N) is 2. The summed E-state index contributed by atoms with van der Waals surface area (Å²) in [6, 6.07) is 7.18. The van der Waals surface area contributed by atoms with Crippen molar-refractivity contribution in [3.63, 3.8) is 0 Å². The maximum atomic E-state index is 12.7. The average Bonchev–Trinajstić information content (AvgIpc) is 2.67. The molecule has 4 N–H and O–H groups in total. The molecule has 144 valence electrons. The van der Waals surface area contributed by atoms with E-state index >= 15 is 0 Å². The van der Waals surface area contributed by atoms with Gasteiger partial charge in [0, 0.05) is 36.9 Å². The monoisotopic (exact) mass is 380 g/mol. The SMILES string of the molecule is Cl.NCC(NC(=O)c1cccc(N2CCCNC2=O)c1)C1CCCCC1. The number of hydrogen-bond acceptors (Lipinski definition) is 3. The zero-order valence-electron chi connectivity index (χ0n) is 15.1. The van der Waals surface area contributed by atoms with Gasteiger partial charge in [0.05, 0.1) is 0 Å². The molecular weight excluding hydrogens is 352 g/mol. The largest absolute Gasteiger partial charge is 0.348 e. The van der Waals surface area contributed by atoms with Crippen molar-refractivity contribution in [1.29, 1.82) is 0 Å². The van der Waals surface area contributed by atoms with Crippen LogP contribution in [-0.2, 0) is 0 Å². The summed E-state index contributed by atoms with van der Waals surface area (Å²) >= 11 is 0. The van der Waals surface area contributed by atoms with Crippen LogP contribution in [0.15, 0.2) is 24.3 Å². The molecule has 1 saturated carbocycles. The van der Waals surface area contributed by atoms with Crippen molar-refractivity contribution < 1.29 is 9.59 Å². The lowest BCUT2D eigenvalue weighted by Crippen LogP contribution is -2.47. The lowest BCUT2D eigenvalue weighted by molar-refractivity contribution is 0.0915. The molecule has 0 spiro atoms. The van der Waals surface area contributed by atoms with Crippen LogP contribution in [-0.4, -0.2) is 37.6 Å². The quantitative estimate of drug-likeness (QED) is 0.733. The number of rotatable bonds is 5. The van der Waals surface area contributed by atoms with Gasteiger partial charge in [-0.05, 0) is 43.4 Å². The Hall–Kier alpha value is -1.79. The highest BCUT2D eigenvalue weighted by molar-refractivity contribution is 5.98. The molecule has 1 unspecified atom stereocenters. The molecule has 0 radical (unpaired) electrons. The Morgan fingerprint density at radius 3 is 2.73 bits per heavy atom. The molecule has 2 fully saturated rings. The topological polar surface area (TPSA) is 87.5 Å². The highest BCUT2D eigenvalue weighted by Gasteiger charge is 2.25. The second-order valence-corrected chi connectivity index (χ2v) is 7.00. The molecule has 1 aliphatic heterocycles. The first kappa shape index (κ1) is 20.5. The third-order valence-corrected chi connectivity index (χ3v) is 5.29. The second-order valence-electron chi connectivity index (χ2n) is 7.00. The summed E-state index contributed by atoms with van der Waals surface area (Å²) in [5, 5.41) is 5.94. The fraction of sp³-hybridized carbons (Fsp3) is 0.579. The smallest absolute Gasteiger partial charge is 0.321 e. The molecular formula is C19H29ClN4O2. The average molecular weight is 381 g/mol. The highest BCUT2D eigenvalue weighted by atomic mass is 35.5. The molecule has 7 heteroatoms. The Labute approximate surface area is 161 Å². The fourth-order valence-electron chi connectivity index (χ4n) is 3.85. The molecule has 3 amide bonds. The second kappa shape index (κ2) is 9.78. The Balaban J connectivity index is 0.00000243. The van der Waals surface area contributed by atoms with Gasteiger partial charge in [0.2, 0.25) is 0 Å². The molecule has 6 nitrogen and oxygen atoms in total. The number of halogens is 1. The van der Waals surface area contributed by atoms with Crippen LogP contribution in [0.2, 0.25) is 0 Å². The Morgan fingerprint density at radius 2 is 2.04 bits per heavy atom. The highest BCUT2D eigenvalue weighted by Crippen LogP contribution is 2.26. The van der Waals surface area contributed by atoms with Gasteiger partial charge in [0.15, 0.2) is 0 Å². The molecule has 1 atom stereocenters. The van der Waals surface area contributed by atoms with E-state index in [1.807, 2.05) is 12.1 Å². The van der Waals surface area contributed by atoms with E-state index in [1.165, 1.54) is 19.3 Å². The first-order valence-corrected chi connectivity index (χ1v) is 9.35. The Bertz CT molecular complexity index is 619. The number of carbonyl (C=O) groups excluding carboxylic acids is 2. The Kier molecular flexibility index (Phi) is 7.72. The van der Waals surface area contributed by atoms with Crippen LogP contribution in [0.5, 0.6) is 0 Å². The fourth-order valence-corrected chi connectivity index (χ4v) is 3.85. The van der Waals surface area contributed by atoms with E-state index in [-0.39, 0.29) is 30.4 Å². The molecule has 3 rings (SSSR count). The molecule has 1 aliphatic carbocycles. The van der Waals surface area contributed by atoms with Gasteiger partial charge in [-0.15, -0.1) is 12.4 Å². The van der Waals surface area contributed by atoms with Gasteiger partial charge in [-0.25, -0.2) is 4.79 Å². The lowest BCUT2D eigenvalue weighted by atomic mass is 9.84. The number of nitrogens with zero attached hydrogens (tertiary/aromatic N) is 1. The molecule has 1 aromatic carbocycles. The summed E-state index contributed by atoms with van der Waals surface area (Å²) in [5.41, 5.74) is 7.25. The van der Waals surface area contributed by atoms with Gasteiger partial charge in [-0.1, -0.05) is 25.3 Å². The van der Waals surface area contributed by atoms with Crippen molar-refractivity contribution in [2.45, 2.75) is 44.6 Å². The van der Waals surface area contributed by atoms with E-state index < -0.39 is 0 Å². The first-order valence-electron chi connectivity index (χ1n) is 9.35. The molecule has 1 heterocycles. The van der Waals surface area contributed by atoms with Crippen molar-refractivity contribution >= 4 is 30.0 Å². The van der Waals surface area contributed by atoms with Crippen molar-refractivity contribution in [2.75, 3.05) is 24.5 Å². The minimum atomic E-state index is -0.111. The summed E-state index contributed by atoms with van der Waals surface area (Å²) in [6.07, 6.45) is 6.89. The van der Waals surface area contributed by atoms with Crippen LogP contribution in [0.3, 0.4) is 0 Å².